The number of nitrogens with zero attached hydrogens (tertiary/aromatic N) is 1. The van der Waals surface area contributed by atoms with Crippen LogP contribution in [0.15, 0.2) is 24.4 Å². The molecule has 1 aliphatic rings. The summed E-state index contributed by atoms with van der Waals surface area (Å²) < 4.78 is 5.60. The van der Waals surface area contributed by atoms with Gasteiger partial charge >= 0.3 is 0 Å². The summed E-state index contributed by atoms with van der Waals surface area (Å²) in [4.78, 5) is 4.09. The molecule has 1 aromatic rings. The quantitative estimate of drug-likeness (QED) is 0.780. The summed E-state index contributed by atoms with van der Waals surface area (Å²) in [7, 11) is 0. The van der Waals surface area contributed by atoms with Crippen molar-refractivity contribution >= 4 is 12.4 Å². The van der Waals surface area contributed by atoms with Crippen molar-refractivity contribution in [1.82, 2.24) is 10.3 Å². The highest BCUT2D eigenvalue weighted by Crippen LogP contribution is 2.10. The largest absolute Gasteiger partial charge is 0.473 e. The lowest BCUT2D eigenvalue weighted by Crippen LogP contribution is -2.19. The molecule has 1 aromatic heterocycles. The zero-order valence-electron chi connectivity index (χ0n) is 7.27. The van der Waals surface area contributed by atoms with Crippen LogP contribution in [0.1, 0.15) is 6.42 Å². The normalized spacial score (nSPS) is 20.8. The van der Waals surface area contributed by atoms with E-state index in [0.717, 1.165) is 25.4 Å². The van der Waals surface area contributed by atoms with Crippen molar-refractivity contribution in [2.24, 2.45) is 0 Å². The first-order valence-corrected chi connectivity index (χ1v) is 4.23. The van der Waals surface area contributed by atoms with E-state index in [0.29, 0.717) is 6.10 Å². The van der Waals surface area contributed by atoms with E-state index >= 15 is 0 Å². The Kier molecular flexibility index (Phi) is 3.99. The van der Waals surface area contributed by atoms with Crippen LogP contribution in [-0.4, -0.2) is 24.2 Å². The van der Waals surface area contributed by atoms with Crippen LogP contribution in [-0.2, 0) is 0 Å². The molecule has 0 aliphatic carbocycles. The maximum absolute atomic E-state index is 5.60. The summed E-state index contributed by atoms with van der Waals surface area (Å²) in [6.07, 6.45) is 3.13. The van der Waals surface area contributed by atoms with Crippen molar-refractivity contribution in [3.05, 3.63) is 24.4 Å². The fraction of sp³-hybridized carbons (Fsp3) is 0.444. The van der Waals surface area contributed by atoms with Gasteiger partial charge in [-0.05, 0) is 19.0 Å². The van der Waals surface area contributed by atoms with Crippen LogP contribution in [0.2, 0.25) is 0 Å². The second-order valence-corrected chi connectivity index (χ2v) is 2.90. The fourth-order valence-electron chi connectivity index (χ4n) is 1.32. The van der Waals surface area contributed by atoms with Crippen LogP contribution >= 0.6 is 12.4 Å². The molecule has 1 fully saturated rings. The maximum atomic E-state index is 5.60. The number of hydrogen-bond acceptors (Lipinski definition) is 3. The van der Waals surface area contributed by atoms with E-state index in [9.17, 15) is 0 Å². The third-order valence-corrected chi connectivity index (χ3v) is 1.94. The monoisotopic (exact) mass is 200 g/mol. The van der Waals surface area contributed by atoms with Gasteiger partial charge in [0.15, 0.2) is 0 Å². The zero-order valence-corrected chi connectivity index (χ0v) is 8.09. The van der Waals surface area contributed by atoms with Gasteiger partial charge in [0.25, 0.3) is 0 Å². The molecule has 2 heterocycles. The van der Waals surface area contributed by atoms with Crippen molar-refractivity contribution in [3.63, 3.8) is 0 Å². The van der Waals surface area contributed by atoms with E-state index in [1.807, 2.05) is 18.2 Å². The standard InChI is InChI=1S/C9H12N2O.ClH/c1-2-5-11-9(3-1)12-8-4-6-10-7-8;/h1-3,5,8,10H,4,6-7H2;1H/t8-;/m0./s1. The average molecular weight is 201 g/mol. The minimum atomic E-state index is 0. The lowest BCUT2D eigenvalue weighted by molar-refractivity contribution is 0.214. The molecule has 1 saturated heterocycles. The van der Waals surface area contributed by atoms with Gasteiger partial charge in [-0.15, -0.1) is 12.4 Å². The topological polar surface area (TPSA) is 34.1 Å². The highest BCUT2D eigenvalue weighted by Gasteiger charge is 2.15. The summed E-state index contributed by atoms with van der Waals surface area (Å²) in [5, 5.41) is 3.24. The summed E-state index contributed by atoms with van der Waals surface area (Å²) in [5.74, 6) is 0.728. The molecular weight excluding hydrogens is 188 g/mol. The van der Waals surface area contributed by atoms with Crippen molar-refractivity contribution < 1.29 is 4.74 Å². The van der Waals surface area contributed by atoms with Gasteiger partial charge in [-0.3, -0.25) is 0 Å². The highest BCUT2D eigenvalue weighted by atomic mass is 35.5. The molecule has 2 rings (SSSR count). The smallest absolute Gasteiger partial charge is 0.213 e. The molecule has 4 heteroatoms. The zero-order chi connectivity index (χ0) is 8.23. The van der Waals surface area contributed by atoms with Crippen molar-refractivity contribution in [3.8, 4) is 5.88 Å². The van der Waals surface area contributed by atoms with Gasteiger partial charge in [-0.25, -0.2) is 4.98 Å². The molecular formula is C9H13ClN2O. The SMILES string of the molecule is Cl.c1ccc(O[C@H]2CCNC2)nc1. The maximum Gasteiger partial charge on any atom is 0.213 e. The second kappa shape index (κ2) is 5.04. The molecule has 1 N–H and O–H groups in total. The third kappa shape index (κ3) is 2.86. The number of pyridine rings is 1. The Hall–Kier alpha value is -0.800. The molecule has 72 valence electrons. The van der Waals surface area contributed by atoms with Crippen molar-refractivity contribution in [1.29, 1.82) is 0 Å². The summed E-state index contributed by atoms with van der Waals surface area (Å²) >= 11 is 0. The predicted octanol–water partition coefficient (Wildman–Crippen LogP) is 1.24. The Morgan fingerprint density at radius 1 is 1.46 bits per heavy atom. The molecule has 0 bridgehead atoms. The molecule has 1 atom stereocenters. The third-order valence-electron chi connectivity index (χ3n) is 1.94. The first-order chi connectivity index (χ1) is 5.95. The van der Waals surface area contributed by atoms with E-state index in [1.165, 1.54) is 0 Å². The Morgan fingerprint density at radius 2 is 2.38 bits per heavy atom. The van der Waals surface area contributed by atoms with E-state index in [1.54, 1.807) is 6.20 Å². The lowest BCUT2D eigenvalue weighted by Gasteiger charge is -2.10. The summed E-state index contributed by atoms with van der Waals surface area (Å²) in [5.41, 5.74) is 0. The van der Waals surface area contributed by atoms with Gasteiger partial charge in [0, 0.05) is 18.8 Å². The minimum Gasteiger partial charge on any atom is -0.473 e. The molecule has 0 saturated carbocycles. The number of aromatic nitrogens is 1. The van der Waals surface area contributed by atoms with Crippen LogP contribution < -0.4 is 10.1 Å². The van der Waals surface area contributed by atoms with Crippen LogP contribution in [0, 0.1) is 0 Å². The minimum absolute atomic E-state index is 0. The number of nitrogens with one attached hydrogen (secondary N) is 1. The molecule has 0 unspecified atom stereocenters. The van der Waals surface area contributed by atoms with E-state index in [2.05, 4.69) is 10.3 Å². The highest BCUT2D eigenvalue weighted by molar-refractivity contribution is 5.85. The number of hydrogen-bond donors (Lipinski definition) is 1. The number of rotatable bonds is 2. The van der Waals surface area contributed by atoms with Gasteiger partial charge in [-0.1, -0.05) is 6.07 Å². The Balaban J connectivity index is 0.000000845. The first-order valence-electron chi connectivity index (χ1n) is 4.23. The van der Waals surface area contributed by atoms with Gasteiger partial charge in [0.05, 0.1) is 0 Å². The summed E-state index contributed by atoms with van der Waals surface area (Å²) in [6, 6.07) is 5.71. The number of halogens is 1. The van der Waals surface area contributed by atoms with Gasteiger partial charge < -0.3 is 10.1 Å². The molecule has 13 heavy (non-hydrogen) atoms. The van der Waals surface area contributed by atoms with E-state index < -0.39 is 0 Å². The molecule has 3 nitrogen and oxygen atoms in total. The van der Waals surface area contributed by atoms with Gasteiger partial charge in [0.1, 0.15) is 6.10 Å². The van der Waals surface area contributed by atoms with Gasteiger partial charge in [-0.2, -0.15) is 0 Å². The van der Waals surface area contributed by atoms with Gasteiger partial charge in [0.2, 0.25) is 5.88 Å². The molecule has 0 amide bonds. The summed E-state index contributed by atoms with van der Waals surface area (Å²) in [6.45, 7) is 1.99. The average Bonchev–Trinajstić information content (AvgIpc) is 2.59. The van der Waals surface area contributed by atoms with Crippen LogP contribution in [0.25, 0.3) is 0 Å². The Morgan fingerprint density at radius 3 is 3.00 bits per heavy atom. The van der Waals surface area contributed by atoms with E-state index in [4.69, 9.17) is 4.74 Å². The molecule has 0 aromatic carbocycles. The Labute approximate surface area is 83.9 Å². The lowest BCUT2D eigenvalue weighted by atomic mass is 10.3. The van der Waals surface area contributed by atoms with Crippen molar-refractivity contribution in [2.45, 2.75) is 12.5 Å². The predicted molar refractivity (Wildman–Crippen MR) is 53.4 cm³/mol. The molecule has 1 aliphatic heterocycles. The Bertz CT molecular complexity index is 237. The van der Waals surface area contributed by atoms with E-state index in [-0.39, 0.29) is 12.4 Å². The first kappa shape index (κ1) is 10.3. The fourth-order valence-corrected chi connectivity index (χ4v) is 1.32. The van der Waals surface area contributed by atoms with Crippen molar-refractivity contribution in [2.75, 3.05) is 13.1 Å². The number of ether oxygens (including phenoxy) is 1. The van der Waals surface area contributed by atoms with Crippen LogP contribution in [0.5, 0.6) is 5.88 Å². The molecule has 0 radical (unpaired) electrons. The second-order valence-electron chi connectivity index (χ2n) is 2.90. The molecule has 0 spiro atoms. The van der Waals surface area contributed by atoms with Crippen LogP contribution in [0.4, 0.5) is 0 Å². The van der Waals surface area contributed by atoms with Crippen LogP contribution in [0.3, 0.4) is 0 Å².